The smallest absolute Gasteiger partial charge is 0.328 e. The van der Waals surface area contributed by atoms with Crippen LogP contribution < -0.4 is 11.1 Å². The monoisotopic (exact) mass is 284 g/mol. The van der Waals surface area contributed by atoms with Crippen molar-refractivity contribution in [1.82, 2.24) is 5.32 Å². The second-order valence-electron chi connectivity index (χ2n) is 5.68. The Morgan fingerprint density at radius 1 is 1.30 bits per heavy atom. The van der Waals surface area contributed by atoms with Crippen molar-refractivity contribution in [2.24, 2.45) is 17.6 Å². The summed E-state index contributed by atoms with van der Waals surface area (Å²) in [5.41, 5.74) is 5.66. The van der Waals surface area contributed by atoms with Crippen molar-refractivity contribution in [1.29, 1.82) is 0 Å². The van der Waals surface area contributed by atoms with Crippen molar-refractivity contribution in [2.45, 2.75) is 57.9 Å². The van der Waals surface area contributed by atoms with Crippen LogP contribution in [0.1, 0.15) is 51.9 Å². The third-order valence-electron chi connectivity index (χ3n) is 4.20. The fourth-order valence-corrected chi connectivity index (χ4v) is 2.75. The van der Waals surface area contributed by atoms with Crippen LogP contribution in [0.4, 0.5) is 0 Å². The van der Waals surface area contributed by atoms with Crippen molar-refractivity contribution in [3.05, 3.63) is 0 Å². The van der Waals surface area contributed by atoms with Crippen LogP contribution >= 0.6 is 0 Å². The number of ether oxygens (including phenoxy) is 1. The molecule has 1 rings (SSSR count). The molecular weight excluding hydrogens is 256 g/mol. The van der Waals surface area contributed by atoms with Gasteiger partial charge in [-0.15, -0.1) is 0 Å². The maximum absolute atomic E-state index is 12.2. The first-order chi connectivity index (χ1) is 9.62. The number of esters is 1. The molecule has 0 aromatic carbocycles. The minimum Gasteiger partial charge on any atom is -0.467 e. The fraction of sp³-hybridized carbons (Fsp3) is 0.867. The van der Waals surface area contributed by atoms with E-state index in [1.165, 1.54) is 7.11 Å². The summed E-state index contributed by atoms with van der Waals surface area (Å²) in [6, 6.07) is -0.500. The summed E-state index contributed by atoms with van der Waals surface area (Å²) in [7, 11) is 1.36. The molecular formula is C15H28N2O3. The molecule has 1 aliphatic rings. The zero-order valence-electron chi connectivity index (χ0n) is 12.7. The molecule has 1 amide bonds. The first kappa shape index (κ1) is 17.0. The van der Waals surface area contributed by atoms with Gasteiger partial charge in [-0.05, 0) is 44.6 Å². The van der Waals surface area contributed by atoms with Gasteiger partial charge >= 0.3 is 5.97 Å². The first-order valence-corrected chi connectivity index (χ1v) is 7.70. The third kappa shape index (κ3) is 5.12. The molecule has 5 nitrogen and oxygen atoms in total. The van der Waals surface area contributed by atoms with Crippen molar-refractivity contribution in [2.75, 3.05) is 13.7 Å². The van der Waals surface area contributed by atoms with Gasteiger partial charge in [0.2, 0.25) is 5.91 Å². The highest BCUT2D eigenvalue weighted by Crippen LogP contribution is 2.28. The molecule has 5 heteroatoms. The van der Waals surface area contributed by atoms with Gasteiger partial charge in [0.15, 0.2) is 0 Å². The van der Waals surface area contributed by atoms with Gasteiger partial charge in [0.1, 0.15) is 6.04 Å². The predicted molar refractivity (Wildman–Crippen MR) is 78.0 cm³/mol. The Hall–Kier alpha value is -1.10. The Kier molecular flexibility index (Phi) is 7.59. The number of unbranched alkanes of at least 4 members (excludes halogenated alkanes) is 1. The molecule has 1 fully saturated rings. The average molecular weight is 284 g/mol. The van der Waals surface area contributed by atoms with Gasteiger partial charge in [-0.25, -0.2) is 4.79 Å². The number of amides is 1. The molecule has 1 atom stereocenters. The highest BCUT2D eigenvalue weighted by atomic mass is 16.5. The van der Waals surface area contributed by atoms with Crippen LogP contribution in [0.3, 0.4) is 0 Å². The molecule has 0 bridgehead atoms. The minimum atomic E-state index is -0.500. The van der Waals surface area contributed by atoms with Crippen LogP contribution in [0.2, 0.25) is 0 Å². The topological polar surface area (TPSA) is 81.4 Å². The quantitative estimate of drug-likeness (QED) is 0.696. The zero-order valence-corrected chi connectivity index (χ0v) is 12.7. The van der Waals surface area contributed by atoms with Crippen LogP contribution in [-0.4, -0.2) is 31.6 Å². The summed E-state index contributed by atoms with van der Waals surface area (Å²) < 4.78 is 4.76. The lowest BCUT2D eigenvalue weighted by Gasteiger charge is -2.28. The Morgan fingerprint density at radius 2 is 1.95 bits per heavy atom. The van der Waals surface area contributed by atoms with Gasteiger partial charge < -0.3 is 15.8 Å². The van der Waals surface area contributed by atoms with E-state index in [4.69, 9.17) is 10.5 Å². The normalized spacial score (nSPS) is 23.9. The van der Waals surface area contributed by atoms with Gasteiger partial charge in [0, 0.05) is 5.92 Å². The summed E-state index contributed by atoms with van der Waals surface area (Å²) >= 11 is 0. The Morgan fingerprint density at radius 3 is 2.45 bits per heavy atom. The second kappa shape index (κ2) is 8.95. The van der Waals surface area contributed by atoms with Crippen molar-refractivity contribution in [3.8, 4) is 0 Å². The van der Waals surface area contributed by atoms with Crippen LogP contribution in [0, 0.1) is 11.8 Å². The maximum atomic E-state index is 12.2. The number of hydrogen-bond donors (Lipinski definition) is 2. The molecule has 0 heterocycles. The lowest BCUT2D eigenvalue weighted by atomic mass is 9.81. The zero-order chi connectivity index (χ0) is 15.0. The fourth-order valence-electron chi connectivity index (χ4n) is 2.75. The first-order valence-electron chi connectivity index (χ1n) is 7.70. The second-order valence-corrected chi connectivity index (χ2v) is 5.68. The van der Waals surface area contributed by atoms with Gasteiger partial charge in [0.25, 0.3) is 0 Å². The summed E-state index contributed by atoms with van der Waals surface area (Å²) in [6.45, 7) is 2.76. The van der Waals surface area contributed by atoms with Crippen molar-refractivity contribution in [3.63, 3.8) is 0 Å². The molecule has 116 valence electrons. The van der Waals surface area contributed by atoms with Crippen LogP contribution in [0.15, 0.2) is 0 Å². The van der Waals surface area contributed by atoms with E-state index in [9.17, 15) is 9.59 Å². The predicted octanol–water partition coefficient (Wildman–Crippen LogP) is 1.60. The number of methoxy groups -OCH3 is 1. The van der Waals surface area contributed by atoms with E-state index in [0.29, 0.717) is 18.9 Å². The molecule has 0 radical (unpaired) electrons. The summed E-state index contributed by atoms with van der Waals surface area (Å²) in [5, 5.41) is 2.86. The van der Waals surface area contributed by atoms with Crippen LogP contribution in [0.25, 0.3) is 0 Å². The standard InChI is InChI=1S/C15H28N2O3/c1-3-4-5-13(15(19)20-2)17-14(18)12-8-6-11(10-16)7-9-12/h11-13H,3-10,16H2,1-2H3,(H,17,18)/t11-,12-,13-/m0/s1. The van der Waals surface area contributed by atoms with E-state index in [-0.39, 0.29) is 17.8 Å². The summed E-state index contributed by atoms with van der Waals surface area (Å²) in [4.78, 5) is 23.9. The molecule has 0 aromatic rings. The van der Waals surface area contributed by atoms with E-state index in [2.05, 4.69) is 12.2 Å². The number of nitrogens with one attached hydrogen (secondary N) is 1. The van der Waals surface area contributed by atoms with Gasteiger partial charge in [0.05, 0.1) is 7.11 Å². The summed E-state index contributed by atoms with van der Waals surface area (Å²) in [6.07, 6.45) is 6.29. The Labute approximate surface area is 121 Å². The number of nitrogens with two attached hydrogens (primary N) is 1. The molecule has 0 aliphatic heterocycles. The SMILES string of the molecule is CCCC[C@H](NC(=O)[C@H]1CC[C@H](CN)CC1)C(=O)OC. The molecule has 0 unspecified atom stereocenters. The van der Waals surface area contributed by atoms with E-state index in [0.717, 1.165) is 38.5 Å². The molecule has 0 aromatic heterocycles. The third-order valence-corrected chi connectivity index (χ3v) is 4.20. The van der Waals surface area contributed by atoms with Gasteiger partial charge in [-0.1, -0.05) is 19.8 Å². The van der Waals surface area contributed by atoms with E-state index in [1.54, 1.807) is 0 Å². The van der Waals surface area contributed by atoms with Crippen molar-refractivity contribution < 1.29 is 14.3 Å². The van der Waals surface area contributed by atoms with Crippen molar-refractivity contribution >= 4 is 11.9 Å². The largest absolute Gasteiger partial charge is 0.467 e. The maximum Gasteiger partial charge on any atom is 0.328 e. The van der Waals surface area contributed by atoms with E-state index >= 15 is 0 Å². The molecule has 20 heavy (non-hydrogen) atoms. The lowest BCUT2D eigenvalue weighted by molar-refractivity contribution is -0.146. The Bertz CT molecular complexity index is 312. The highest BCUT2D eigenvalue weighted by Gasteiger charge is 2.29. The number of hydrogen-bond acceptors (Lipinski definition) is 4. The summed E-state index contributed by atoms with van der Waals surface area (Å²) in [5.74, 6) is 0.219. The van der Waals surface area contributed by atoms with Gasteiger partial charge in [-0.2, -0.15) is 0 Å². The Balaban J connectivity index is 2.47. The number of carbonyl (C=O) groups is 2. The molecule has 0 saturated heterocycles. The molecule has 0 spiro atoms. The number of carbonyl (C=O) groups excluding carboxylic acids is 2. The molecule has 1 saturated carbocycles. The molecule has 3 N–H and O–H groups in total. The van der Waals surface area contributed by atoms with E-state index in [1.807, 2.05) is 0 Å². The van der Waals surface area contributed by atoms with Gasteiger partial charge in [-0.3, -0.25) is 4.79 Å². The molecule has 1 aliphatic carbocycles. The highest BCUT2D eigenvalue weighted by molar-refractivity contribution is 5.85. The van der Waals surface area contributed by atoms with E-state index < -0.39 is 6.04 Å². The van der Waals surface area contributed by atoms with Crippen LogP contribution in [-0.2, 0) is 14.3 Å². The average Bonchev–Trinajstić information content (AvgIpc) is 2.50. The van der Waals surface area contributed by atoms with Crippen LogP contribution in [0.5, 0.6) is 0 Å². The lowest BCUT2D eigenvalue weighted by Crippen LogP contribution is -2.45. The minimum absolute atomic E-state index is 0.00743. The number of rotatable bonds is 7.